The average molecular weight is 265 g/mol. The first-order valence-electron chi connectivity index (χ1n) is 7.53. The van der Waals surface area contributed by atoms with Crippen LogP contribution in [-0.4, -0.2) is 41.9 Å². The lowest BCUT2D eigenvalue weighted by molar-refractivity contribution is 0.391. The third-order valence-electron chi connectivity index (χ3n) is 4.15. The first-order chi connectivity index (χ1) is 9.22. The molecule has 1 aromatic heterocycles. The van der Waals surface area contributed by atoms with E-state index in [9.17, 15) is 0 Å². The fraction of sp³-hybridized carbons (Fsp3) is 0.857. The van der Waals surface area contributed by atoms with Gasteiger partial charge in [0.15, 0.2) is 0 Å². The Morgan fingerprint density at radius 3 is 2.79 bits per heavy atom. The summed E-state index contributed by atoms with van der Waals surface area (Å²) in [7, 11) is 2.03. The highest BCUT2D eigenvalue weighted by atomic mass is 15.4. The van der Waals surface area contributed by atoms with E-state index >= 15 is 0 Å². The Morgan fingerprint density at radius 1 is 1.42 bits per heavy atom. The van der Waals surface area contributed by atoms with Gasteiger partial charge in [-0.1, -0.05) is 20.3 Å². The molecule has 19 heavy (non-hydrogen) atoms. The molecule has 1 unspecified atom stereocenters. The quantitative estimate of drug-likeness (QED) is 0.824. The largest absolute Gasteiger partial charge is 0.340 e. The second-order valence-corrected chi connectivity index (χ2v) is 5.79. The third-order valence-corrected chi connectivity index (χ3v) is 4.15. The van der Waals surface area contributed by atoms with Crippen molar-refractivity contribution in [3.63, 3.8) is 0 Å². The molecule has 2 N–H and O–H groups in total. The van der Waals surface area contributed by atoms with Gasteiger partial charge in [-0.05, 0) is 38.3 Å². The van der Waals surface area contributed by atoms with Gasteiger partial charge < -0.3 is 10.2 Å². The van der Waals surface area contributed by atoms with Crippen LogP contribution in [0.15, 0.2) is 0 Å². The van der Waals surface area contributed by atoms with E-state index < -0.39 is 0 Å². The summed E-state index contributed by atoms with van der Waals surface area (Å²) < 4.78 is 0. The molecule has 0 amide bonds. The van der Waals surface area contributed by atoms with Crippen LogP contribution in [0.2, 0.25) is 0 Å². The third kappa shape index (κ3) is 3.93. The predicted molar refractivity (Wildman–Crippen MR) is 78.4 cm³/mol. The van der Waals surface area contributed by atoms with Gasteiger partial charge in [-0.25, -0.2) is 0 Å². The Balaban J connectivity index is 1.86. The number of rotatable bonds is 6. The number of piperidine rings is 1. The number of aromatic nitrogens is 3. The van der Waals surface area contributed by atoms with Crippen molar-refractivity contribution in [2.24, 2.45) is 11.8 Å². The number of aromatic amines is 1. The summed E-state index contributed by atoms with van der Waals surface area (Å²) in [6.07, 6.45) is 4.65. The van der Waals surface area contributed by atoms with E-state index in [2.05, 4.69) is 39.2 Å². The summed E-state index contributed by atoms with van der Waals surface area (Å²) in [5.41, 5.74) is 0. The minimum Gasteiger partial charge on any atom is -0.340 e. The van der Waals surface area contributed by atoms with Crippen molar-refractivity contribution in [2.75, 3.05) is 31.6 Å². The van der Waals surface area contributed by atoms with E-state index in [1.165, 1.54) is 19.3 Å². The van der Waals surface area contributed by atoms with Crippen LogP contribution < -0.4 is 10.2 Å². The highest BCUT2D eigenvalue weighted by Crippen LogP contribution is 2.20. The molecule has 0 aromatic carbocycles. The smallest absolute Gasteiger partial charge is 0.244 e. The van der Waals surface area contributed by atoms with Gasteiger partial charge in [0, 0.05) is 19.5 Å². The monoisotopic (exact) mass is 265 g/mol. The molecule has 1 aliphatic heterocycles. The van der Waals surface area contributed by atoms with Crippen molar-refractivity contribution < 1.29 is 0 Å². The minimum atomic E-state index is 0.669. The van der Waals surface area contributed by atoms with E-state index in [0.29, 0.717) is 5.92 Å². The van der Waals surface area contributed by atoms with Gasteiger partial charge >= 0.3 is 0 Å². The van der Waals surface area contributed by atoms with Crippen molar-refractivity contribution in [1.82, 2.24) is 20.5 Å². The fourth-order valence-electron chi connectivity index (χ4n) is 2.62. The molecular weight excluding hydrogens is 238 g/mol. The minimum absolute atomic E-state index is 0.669. The molecule has 2 rings (SSSR count). The van der Waals surface area contributed by atoms with Gasteiger partial charge in [-0.15, -0.1) is 5.10 Å². The SMILES string of the molecule is CCC(C)Cc1nc(N2CCC(CNC)CC2)n[nH]1. The Kier molecular flexibility index (Phi) is 5.19. The molecule has 1 aromatic rings. The second kappa shape index (κ2) is 6.89. The summed E-state index contributed by atoms with van der Waals surface area (Å²) in [5.74, 6) is 3.39. The Morgan fingerprint density at radius 2 is 2.16 bits per heavy atom. The Hall–Kier alpha value is -1.10. The molecule has 1 saturated heterocycles. The van der Waals surface area contributed by atoms with Gasteiger partial charge in [-0.2, -0.15) is 4.98 Å². The Labute approximate surface area is 116 Å². The van der Waals surface area contributed by atoms with Crippen molar-refractivity contribution in [3.8, 4) is 0 Å². The summed E-state index contributed by atoms with van der Waals surface area (Å²) in [5, 5.41) is 10.7. The number of nitrogens with one attached hydrogen (secondary N) is 2. The fourth-order valence-corrected chi connectivity index (χ4v) is 2.62. The summed E-state index contributed by atoms with van der Waals surface area (Å²) in [6.45, 7) is 7.75. The second-order valence-electron chi connectivity index (χ2n) is 5.79. The molecule has 108 valence electrons. The maximum atomic E-state index is 4.64. The molecular formula is C14H27N5. The van der Waals surface area contributed by atoms with E-state index in [0.717, 1.165) is 43.7 Å². The van der Waals surface area contributed by atoms with Gasteiger partial charge in [-0.3, -0.25) is 5.10 Å². The maximum Gasteiger partial charge on any atom is 0.244 e. The number of hydrogen-bond acceptors (Lipinski definition) is 4. The zero-order valence-electron chi connectivity index (χ0n) is 12.4. The van der Waals surface area contributed by atoms with Crippen LogP contribution in [0.5, 0.6) is 0 Å². The van der Waals surface area contributed by atoms with E-state index in [1.54, 1.807) is 0 Å². The normalized spacial score (nSPS) is 18.8. The van der Waals surface area contributed by atoms with Crippen molar-refractivity contribution in [1.29, 1.82) is 0 Å². The predicted octanol–water partition coefficient (Wildman–Crippen LogP) is 1.83. The molecule has 1 fully saturated rings. The van der Waals surface area contributed by atoms with Crippen LogP contribution in [0.4, 0.5) is 5.95 Å². The summed E-state index contributed by atoms with van der Waals surface area (Å²) >= 11 is 0. The van der Waals surface area contributed by atoms with Gasteiger partial charge in [0.2, 0.25) is 5.95 Å². The number of hydrogen-bond donors (Lipinski definition) is 2. The molecule has 5 nitrogen and oxygen atoms in total. The maximum absolute atomic E-state index is 4.64. The Bertz CT molecular complexity index is 368. The highest BCUT2D eigenvalue weighted by Gasteiger charge is 2.21. The highest BCUT2D eigenvalue weighted by molar-refractivity contribution is 5.29. The first kappa shape index (κ1) is 14.3. The molecule has 2 heterocycles. The van der Waals surface area contributed by atoms with Crippen molar-refractivity contribution in [3.05, 3.63) is 5.82 Å². The summed E-state index contributed by atoms with van der Waals surface area (Å²) in [4.78, 5) is 6.94. The van der Waals surface area contributed by atoms with Crippen LogP contribution in [0.25, 0.3) is 0 Å². The van der Waals surface area contributed by atoms with Crippen LogP contribution in [0.1, 0.15) is 38.9 Å². The van der Waals surface area contributed by atoms with Gasteiger partial charge in [0.1, 0.15) is 5.82 Å². The van der Waals surface area contributed by atoms with Crippen LogP contribution in [-0.2, 0) is 6.42 Å². The molecule has 0 bridgehead atoms. The van der Waals surface area contributed by atoms with Crippen LogP contribution in [0, 0.1) is 11.8 Å². The van der Waals surface area contributed by atoms with Crippen molar-refractivity contribution in [2.45, 2.75) is 39.5 Å². The van der Waals surface area contributed by atoms with Gasteiger partial charge in [0.05, 0.1) is 0 Å². The van der Waals surface area contributed by atoms with Crippen LogP contribution >= 0.6 is 0 Å². The standard InChI is InChI=1S/C14H27N5/c1-4-11(2)9-13-16-14(18-17-13)19-7-5-12(6-8-19)10-15-3/h11-12,15H,4-10H2,1-3H3,(H,16,17,18). The molecule has 0 spiro atoms. The molecule has 1 atom stereocenters. The molecule has 0 saturated carbocycles. The molecule has 5 heteroatoms. The molecule has 1 aliphatic rings. The lowest BCUT2D eigenvalue weighted by Gasteiger charge is -2.30. The van der Waals surface area contributed by atoms with E-state index in [-0.39, 0.29) is 0 Å². The van der Waals surface area contributed by atoms with Crippen molar-refractivity contribution >= 4 is 5.95 Å². The number of nitrogens with zero attached hydrogens (tertiary/aromatic N) is 3. The molecule has 0 aliphatic carbocycles. The van der Waals surface area contributed by atoms with Crippen LogP contribution in [0.3, 0.4) is 0 Å². The zero-order chi connectivity index (χ0) is 13.7. The molecule has 0 radical (unpaired) electrons. The van der Waals surface area contributed by atoms with E-state index in [1.807, 2.05) is 7.05 Å². The lowest BCUT2D eigenvalue weighted by atomic mass is 9.97. The first-order valence-corrected chi connectivity index (χ1v) is 7.53. The number of anilines is 1. The zero-order valence-corrected chi connectivity index (χ0v) is 12.4. The average Bonchev–Trinajstić information content (AvgIpc) is 2.88. The number of H-pyrrole nitrogens is 1. The van der Waals surface area contributed by atoms with Gasteiger partial charge in [0.25, 0.3) is 0 Å². The summed E-state index contributed by atoms with van der Waals surface area (Å²) in [6, 6.07) is 0. The lowest BCUT2D eigenvalue weighted by Crippen LogP contribution is -2.37. The topological polar surface area (TPSA) is 56.8 Å². The van der Waals surface area contributed by atoms with E-state index in [4.69, 9.17) is 0 Å².